The highest BCUT2D eigenvalue weighted by molar-refractivity contribution is 5.87. The summed E-state index contributed by atoms with van der Waals surface area (Å²) in [5, 5.41) is 9.60. The Bertz CT molecular complexity index is 166. The van der Waals surface area contributed by atoms with Crippen LogP contribution in [0.15, 0.2) is 12.2 Å². The molecule has 0 bridgehead atoms. The molecular formula is C9H16O2. The second kappa shape index (κ2) is 3.67. The maximum Gasteiger partial charge on any atom is 0.152 e. The molecule has 2 nitrogen and oxygen atoms in total. The fourth-order valence-electron chi connectivity index (χ4n) is 0.479. The zero-order valence-electron chi connectivity index (χ0n) is 7.59. The van der Waals surface area contributed by atoms with E-state index in [0.717, 1.165) is 0 Å². The Morgan fingerprint density at radius 3 is 2.27 bits per heavy atom. The molecule has 1 atom stereocenters. The minimum atomic E-state index is -0.869. The Morgan fingerprint density at radius 1 is 1.55 bits per heavy atom. The van der Waals surface area contributed by atoms with Crippen LogP contribution in [-0.2, 0) is 4.79 Å². The maximum absolute atomic E-state index is 10.5. The van der Waals surface area contributed by atoms with Crippen molar-refractivity contribution in [3.8, 4) is 0 Å². The molecule has 0 radical (unpaired) electrons. The molecule has 1 unspecified atom stereocenters. The van der Waals surface area contributed by atoms with Gasteiger partial charge in [0.1, 0.15) is 0 Å². The van der Waals surface area contributed by atoms with E-state index >= 15 is 0 Å². The summed E-state index contributed by atoms with van der Waals surface area (Å²) < 4.78 is 0. The smallest absolute Gasteiger partial charge is 0.152 e. The van der Waals surface area contributed by atoms with Crippen molar-refractivity contribution in [2.75, 3.05) is 0 Å². The van der Waals surface area contributed by atoms with Crippen molar-refractivity contribution >= 4 is 5.78 Å². The summed E-state index contributed by atoms with van der Waals surface area (Å²) in [5.74, 6) is 0.0871. The molecule has 0 rings (SSSR count). The summed E-state index contributed by atoms with van der Waals surface area (Å²) in [6.45, 7) is 6.97. The number of allylic oxidation sites excluding steroid dienone is 1. The first kappa shape index (κ1) is 10.4. The minimum Gasteiger partial charge on any atom is -0.386 e. The third kappa shape index (κ3) is 3.94. The van der Waals surface area contributed by atoms with Crippen molar-refractivity contribution in [1.29, 1.82) is 0 Å². The van der Waals surface area contributed by atoms with Crippen LogP contribution in [0.2, 0.25) is 0 Å². The summed E-state index contributed by atoms with van der Waals surface area (Å²) in [6, 6.07) is 0. The van der Waals surface area contributed by atoms with Crippen LogP contribution in [0.5, 0.6) is 0 Å². The number of carbonyl (C=O) groups is 1. The van der Waals surface area contributed by atoms with E-state index in [4.69, 9.17) is 0 Å². The van der Waals surface area contributed by atoms with Gasteiger partial charge in [-0.3, -0.25) is 4.79 Å². The zero-order chi connectivity index (χ0) is 9.07. The van der Waals surface area contributed by atoms with E-state index in [1.807, 2.05) is 13.8 Å². The average Bonchev–Trinajstić information content (AvgIpc) is 1.84. The van der Waals surface area contributed by atoms with Crippen LogP contribution < -0.4 is 0 Å². The monoisotopic (exact) mass is 156 g/mol. The van der Waals surface area contributed by atoms with Crippen molar-refractivity contribution in [3.63, 3.8) is 0 Å². The molecule has 0 aromatic carbocycles. The molecule has 0 fully saturated rings. The van der Waals surface area contributed by atoms with E-state index < -0.39 is 5.60 Å². The van der Waals surface area contributed by atoms with Gasteiger partial charge in [0.25, 0.3) is 0 Å². The lowest BCUT2D eigenvalue weighted by molar-refractivity contribution is -0.112. The van der Waals surface area contributed by atoms with E-state index in [0.29, 0.717) is 0 Å². The topological polar surface area (TPSA) is 37.3 Å². The van der Waals surface area contributed by atoms with Gasteiger partial charge in [-0.25, -0.2) is 0 Å². The number of ketones is 1. The second-order valence-corrected chi connectivity index (χ2v) is 3.32. The Kier molecular flexibility index (Phi) is 3.46. The van der Waals surface area contributed by atoms with Gasteiger partial charge >= 0.3 is 0 Å². The lowest BCUT2D eigenvalue weighted by atomic mass is 9.92. The molecule has 0 aliphatic carbocycles. The normalized spacial score (nSPS) is 17.3. The third-order valence-electron chi connectivity index (χ3n) is 1.82. The third-order valence-corrected chi connectivity index (χ3v) is 1.82. The molecule has 0 aliphatic rings. The quantitative estimate of drug-likeness (QED) is 0.629. The Morgan fingerprint density at radius 2 is 2.00 bits per heavy atom. The minimum absolute atomic E-state index is 0.0362. The molecule has 0 saturated heterocycles. The molecule has 1 N–H and O–H groups in total. The standard InChI is InChI=1S/C9H16O2/c1-7(2)9(4,11)6-5-8(3)10/h5-7,11H,1-4H3. The fraction of sp³-hybridized carbons (Fsp3) is 0.667. The molecular weight excluding hydrogens is 140 g/mol. The van der Waals surface area contributed by atoms with Crippen LogP contribution in [0.4, 0.5) is 0 Å². The average molecular weight is 156 g/mol. The molecule has 0 heterocycles. The van der Waals surface area contributed by atoms with Gasteiger partial charge in [0, 0.05) is 0 Å². The maximum atomic E-state index is 10.5. The van der Waals surface area contributed by atoms with Crippen LogP contribution in [0.1, 0.15) is 27.7 Å². The highest BCUT2D eigenvalue weighted by Gasteiger charge is 2.20. The largest absolute Gasteiger partial charge is 0.386 e. The fourth-order valence-corrected chi connectivity index (χ4v) is 0.479. The number of rotatable bonds is 3. The number of aliphatic hydroxyl groups is 1. The predicted molar refractivity (Wildman–Crippen MR) is 45.3 cm³/mol. The van der Waals surface area contributed by atoms with Crippen molar-refractivity contribution in [2.45, 2.75) is 33.3 Å². The SMILES string of the molecule is CC(=O)C=CC(C)(O)C(C)C. The van der Waals surface area contributed by atoms with Crippen LogP contribution >= 0.6 is 0 Å². The van der Waals surface area contributed by atoms with Crippen LogP contribution in [0.3, 0.4) is 0 Å². The van der Waals surface area contributed by atoms with E-state index in [1.54, 1.807) is 13.0 Å². The summed E-state index contributed by atoms with van der Waals surface area (Å²) in [5.41, 5.74) is -0.869. The highest BCUT2D eigenvalue weighted by Crippen LogP contribution is 2.16. The van der Waals surface area contributed by atoms with E-state index in [2.05, 4.69) is 0 Å². The lowest BCUT2D eigenvalue weighted by Gasteiger charge is -2.23. The molecule has 0 aromatic rings. The molecule has 0 amide bonds. The number of hydrogen-bond donors (Lipinski definition) is 1. The predicted octanol–water partition coefficient (Wildman–Crippen LogP) is 1.54. The van der Waals surface area contributed by atoms with Gasteiger partial charge < -0.3 is 5.11 Å². The molecule has 0 spiro atoms. The van der Waals surface area contributed by atoms with E-state index in [9.17, 15) is 9.90 Å². The first-order valence-corrected chi connectivity index (χ1v) is 3.78. The molecule has 64 valence electrons. The Balaban J connectivity index is 4.23. The van der Waals surface area contributed by atoms with Crippen molar-refractivity contribution in [1.82, 2.24) is 0 Å². The summed E-state index contributed by atoms with van der Waals surface area (Å²) in [4.78, 5) is 10.5. The van der Waals surface area contributed by atoms with Crippen LogP contribution in [-0.4, -0.2) is 16.5 Å². The lowest BCUT2D eigenvalue weighted by Crippen LogP contribution is -2.28. The molecule has 0 aromatic heterocycles. The van der Waals surface area contributed by atoms with Gasteiger partial charge in [0.05, 0.1) is 5.60 Å². The van der Waals surface area contributed by atoms with E-state index in [-0.39, 0.29) is 11.7 Å². The molecule has 2 heteroatoms. The summed E-state index contributed by atoms with van der Waals surface area (Å²) in [7, 11) is 0. The second-order valence-electron chi connectivity index (χ2n) is 3.32. The Labute approximate surface area is 67.9 Å². The van der Waals surface area contributed by atoms with Gasteiger partial charge in [-0.2, -0.15) is 0 Å². The van der Waals surface area contributed by atoms with Crippen LogP contribution in [0.25, 0.3) is 0 Å². The van der Waals surface area contributed by atoms with E-state index in [1.165, 1.54) is 13.0 Å². The first-order valence-electron chi connectivity index (χ1n) is 3.78. The molecule has 0 saturated carbocycles. The van der Waals surface area contributed by atoms with Gasteiger partial charge in [0.15, 0.2) is 5.78 Å². The van der Waals surface area contributed by atoms with Gasteiger partial charge in [0.2, 0.25) is 0 Å². The summed E-state index contributed by atoms with van der Waals surface area (Å²) in [6.07, 6.45) is 2.94. The summed E-state index contributed by atoms with van der Waals surface area (Å²) >= 11 is 0. The zero-order valence-corrected chi connectivity index (χ0v) is 7.59. The van der Waals surface area contributed by atoms with Crippen molar-refractivity contribution < 1.29 is 9.90 Å². The van der Waals surface area contributed by atoms with Gasteiger partial charge in [-0.1, -0.05) is 13.8 Å². The van der Waals surface area contributed by atoms with Gasteiger partial charge in [-0.05, 0) is 31.9 Å². The first-order chi connectivity index (χ1) is 4.86. The number of hydrogen-bond acceptors (Lipinski definition) is 2. The Hall–Kier alpha value is -0.630. The highest BCUT2D eigenvalue weighted by atomic mass is 16.3. The molecule has 11 heavy (non-hydrogen) atoms. The van der Waals surface area contributed by atoms with Crippen molar-refractivity contribution in [3.05, 3.63) is 12.2 Å². The van der Waals surface area contributed by atoms with Gasteiger partial charge in [-0.15, -0.1) is 0 Å². The van der Waals surface area contributed by atoms with Crippen LogP contribution in [0, 0.1) is 5.92 Å². The molecule has 0 aliphatic heterocycles. The van der Waals surface area contributed by atoms with Crippen molar-refractivity contribution in [2.24, 2.45) is 5.92 Å². The number of carbonyl (C=O) groups excluding carboxylic acids is 1.